The summed E-state index contributed by atoms with van der Waals surface area (Å²) in [6.45, 7) is 1.89. The molecule has 4 N–H and O–H groups in total. The van der Waals surface area contributed by atoms with Crippen molar-refractivity contribution in [3.05, 3.63) is 29.8 Å². The fourth-order valence-corrected chi connectivity index (χ4v) is 1.31. The quantitative estimate of drug-likeness (QED) is 0.685. The lowest BCUT2D eigenvalue weighted by Crippen LogP contribution is -2.39. The number of carboxylic acid groups (broad SMARTS) is 2. The van der Waals surface area contributed by atoms with Gasteiger partial charge in [0, 0.05) is 6.42 Å². The molecule has 0 saturated heterocycles. The van der Waals surface area contributed by atoms with E-state index in [4.69, 9.17) is 20.7 Å². The molecule has 0 saturated carbocycles. The molecule has 6 heteroatoms. The van der Waals surface area contributed by atoms with Crippen molar-refractivity contribution in [1.82, 2.24) is 0 Å². The summed E-state index contributed by atoms with van der Waals surface area (Å²) in [6.07, 6.45) is -1.57. The molecule has 0 aliphatic rings. The molecule has 0 amide bonds. The van der Waals surface area contributed by atoms with E-state index in [0.717, 1.165) is 5.56 Å². The van der Waals surface area contributed by atoms with E-state index < -0.39 is 24.1 Å². The average Bonchev–Trinajstić information content (AvgIpc) is 2.30. The summed E-state index contributed by atoms with van der Waals surface area (Å²) >= 11 is 0. The number of benzene rings is 1. The number of carbonyl (C=O) groups is 2. The number of nitrogens with two attached hydrogens (primary N) is 1. The third kappa shape index (κ3) is 4.06. The largest absolute Gasteiger partial charge is 0.480 e. The van der Waals surface area contributed by atoms with Crippen LogP contribution in [0.25, 0.3) is 0 Å². The van der Waals surface area contributed by atoms with Crippen LogP contribution in [0.4, 0.5) is 0 Å². The van der Waals surface area contributed by atoms with Crippen molar-refractivity contribution in [3.8, 4) is 5.75 Å². The van der Waals surface area contributed by atoms with Crippen LogP contribution in [-0.4, -0.2) is 34.3 Å². The van der Waals surface area contributed by atoms with Gasteiger partial charge in [-0.05, 0) is 19.1 Å². The van der Waals surface area contributed by atoms with E-state index in [-0.39, 0.29) is 6.42 Å². The number of carboxylic acids is 2. The van der Waals surface area contributed by atoms with Gasteiger partial charge >= 0.3 is 11.9 Å². The molecular weight excluding hydrogens is 238 g/mol. The highest BCUT2D eigenvalue weighted by atomic mass is 16.5. The average molecular weight is 253 g/mol. The summed E-state index contributed by atoms with van der Waals surface area (Å²) < 4.78 is 5.21. The number of hydrogen-bond acceptors (Lipinski definition) is 4. The number of ether oxygens (including phenoxy) is 1. The highest BCUT2D eigenvalue weighted by molar-refractivity contribution is 5.77. The molecule has 1 rings (SSSR count). The fourth-order valence-electron chi connectivity index (χ4n) is 1.31. The van der Waals surface area contributed by atoms with Crippen LogP contribution in [0.15, 0.2) is 24.3 Å². The van der Waals surface area contributed by atoms with E-state index in [1.165, 1.54) is 0 Å². The normalized spacial score (nSPS) is 13.7. The van der Waals surface area contributed by atoms with Crippen LogP contribution in [0, 0.1) is 6.92 Å². The Bertz CT molecular complexity index is 429. The van der Waals surface area contributed by atoms with Gasteiger partial charge in [0.1, 0.15) is 11.8 Å². The van der Waals surface area contributed by atoms with Crippen LogP contribution >= 0.6 is 0 Å². The van der Waals surface area contributed by atoms with E-state index >= 15 is 0 Å². The predicted molar refractivity (Wildman–Crippen MR) is 63.5 cm³/mol. The van der Waals surface area contributed by atoms with E-state index in [0.29, 0.717) is 5.75 Å². The molecule has 2 atom stereocenters. The topological polar surface area (TPSA) is 110 Å². The van der Waals surface area contributed by atoms with Crippen molar-refractivity contribution < 1.29 is 24.5 Å². The zero-order chi connectivity index (χ0) is 13.7. The molecule has 0 bridgehead atoms. The van der Waals surface area contributed by atoms with Crippen LogP contribution < -0.4 is 10.5 Å². The minimum absolute atomic E-state index is 0.293. The lowest BCUT2D eigenvalue weighted by atomic mass is 10.1. The summed E-state index contributed by atoms with van der Waals surface area (Å²) in [5.41, 5.74) is 6.30. The van der Waals surface area contributed by atoms with Crippen molar-refractivity contribution in [2.45, 2.75) is 25.5 Å². The molecule has 98 valence electrons. The molecule has 1 aromatic carbocycles. The zero-order valence-corrected chi connectivity index (χ0v) is 9.87. The molecular formula is C12H15NO5. The Balaban J connectivity index is 2.71. The van der Waals surface area contributed by atoms with Crippen molar-refractivity contribution in [2.24, 2.45) is 5.73 Å². The summed E-state index contributed by atoms with van der Waals surface area (Å²) in [5, 5.41) is 17.6. The SMILES string of the molecule is Cc1ccc(OC(CC(N)C(=O)O)C(=O)O)cc1. The van der Waals surface area contributed by atoms with E-state index in [2.05, 4.69) is 0 Å². The lowest BCUT2D eigenvalue weighted by molar-refractivity contribution is -0.146. The second-order valence-electron chi connectivity index (χ2n) is 3.94. The summed E-state index contributed by atoms with van der Waals surface area (Å²) in [5.74, 6) is -2.13. The number of aryl methyl sites for hydroxylation is 1. The maximum Gasteiger partial charge on any atom is 0.344 e. The molecule has 6 nitrogen and oxygen atoms in total. The molecule has 18 heavy (non-hydrogen) atoms. The number of hydrogen-bond donors (Lipinski definition) is 3. The van der Waals surface area contributed by atoms with Crippen molar-refractivity contribution >= 4 is 11.9 Å². The molecule has 1 aromatic rings. The van der Waals surface area contributed by atoms with Crippen LogP contribution in [0.5, 0.6) is 5.75 Å². The van der Waals surface area contributed by atoms with Gasteiger partial charge < -0.3 is 20.7 Å². The molecule has 0 radical (unpaired) electrons. The van der Waals surface area contributed by atoms with Crippen molar-refractivity contribution in [1.29, 1.82) is 0 Å². The van der Waals surface area contributed by atoms with Gasteiger partial charge in [-0.25, -0.2) is 4.79 Å². The maximum absolute atomic E-state index is 11.0. The Morgan fingerprint density at radius 1 is 1.22 bits per heavy atom. The van der Waals surface area contributed by atoms with Crippen LogP contribution in [0.3, 0.4) is 0 Å². The van der Waals surface area contributed by atoms with Gasteiger partial charge in [-0.15, -0.1) is 0 Å². The fraction of sp³-hybridized carbons (Fsp3) is 0.333. The highest BCUT2D eigenvalue weighted by Gasteiger charge is 2.26. The summed E-state index contributed by atoms with van der Waals surface area (Å²) in [6, 6.07) is 5.52. The second kappa shape index (κ2) is 6.02. The van der Waals surface area contributed by atoms with E-state index in [9.17, 15) is 9.59 Å². The number of aliphatic carboxylic acids is 2. The van der Waals surface area contributed by atoms with E-state index in [1.807, 2.05) is 6.92 Å². The maximum atomic E-state index is 11.0. The molecule has 0 aliphatic heterocycles. The van der Waals surface area contributed by atoms with Gasteiger partial charge in [0.2, 0.25) is 0 Å². The summed E-state index contributed by atoms with van der Waals surface area (Å²) in [7, 11) is 0. The van der Waals surface area contributed by atoms with Crippen LogP contribution in [-0.2, 0) is 9.59 Å². The van der Waals surface area contributed by atoms with Gasteiger partial charge in [0.05, 0.1) is 0 Å². The standard InChI is InChI=1S/C12H15NO5/c1-7-2-4-8(5-3-7)18-10(12(16)17)6-9(13)11(14)15/h2-5,9-10H,6,13H2,1H3,(H,14,15)(H,16,17). The van der Waals surface area contributed by atoms with Crippen molar-refractivity contribution in [2.75, 3.05) is 0 Å². The Labute approximate surface area is 104 Å². The molecule has 0 aromatic heterocycles. The Hall–Kier alpha value is -2.08. The second-order valence-corrected chi connectivity index (χ2v) is 3.94. The molecule has 0 heterocycles. The van der Waals surface area contributed by atoms with Crippen molar-refractivity contribution in [3.63, 3.8) is 0 Å². The first-order valence-corrected chi connectivity index (χ1v) is 5.34. The minimum Gasteiger partial charge on any atom is -0.480 e. The third-order valence-electron chi connectivity index (χ3n) is 2.36. The first kappa shape index (κ1) is 14.0. The zero-order valence-electron chi connectivity index (χ0n) is 9.87. The van der Waals surface area contributed by atoms with Crippen LogP contribution in [0.1, 0.15) is 12.0 Å². The molecule has 0 spiro atoms. The first-order valence-electron chi connectivity index (χ1n) is 5.34. The Morgan fingerprint density at radius 2 is 1.78 bits per heavy atom. The minimum atomic E-state index is -1.28. The number of rotatable bonds is 6. The Morgan fingerprint density at radius 3 is 2.22 bits per heavy atom. The van der Waals surface area contributed by atoms with E-state index in [1.54, 1.807) is 24.3 Å². The van der Waals surface area contributed by atoms with Gasteiger partial charge in [0.15, 0.2) is 6.10 Å². The van der Waals surface area contributed by atoms with Gasteiger partial charge in [-0.2, -0.15) is 0 Å². The van der Waals surface area contributed by atoms with Gasteiger partial charge in [0.25, 0.3) is 0 Å². The summed E-state index contributed by atoms with van der Waals surface area (Å²) in [4.78, 5) is 21.5. The predicted octanol–water partition coefficient (Wildman–Crippen LogP) is 0.629. The lowest BCUT2D eigenvalue weighted by Gasteiger charge is -2.17. The molecule has 2 unspecified atom stereocenters. The molecule has 0 aliphatic carbocycles. The smallest absolute Gasteiger partial charge is 0.344 e. The van der Waals surface area contributed by atoms with Crippen LogP contribution in [0.2, 0.25) is 0 Å². The third-order valence-corrected chi connectivity index (χ3v) is 2.36. The molecule has 0 fully saturated rings. The highest BCUT2D eigenvalue weighted by Crippen LogP contribution is 2.15. The first-order chi connectivity index (χ1) is 8.40. The van der Waals surface area contributed by atoms with Gasteiger partial charge in [-0.1, -0.05) is 17.7 Å². The Kier molecular flexibility index (Phi) is 4.67. The van der Waals surface area contributed by atoms with Gasteiger partial charge in [-0.3, -0.25) is 4.79 Å². The monoisotopic (exact) mass is 253 g/mol.